The molecule has 0 unspecified atom stereocenters. The van der Waals surface area contributed by atoms with Gasteiger partial charge >= 0.3 is 5.97 Å². The van der Waals surface area contributed by atoms with Gasteiger partial charge in [0.2, 0.25) is 0 Å². The van der Waals surface area contributed by atoms with Crippen molar-refractivity contribution < 1.29 is 9.90 Å². The van der Waals surface area contributed by atoms with Crippen molar-refractivity contribution in [1.82, 2.24) is 4.57 Å². The Balaban J connectivity index is 1.97. The van der Waals surface area contributed by atoms with Crippen LogP contribution in [0.4, 0.5) is 0 Å². The Bertz CT molecular complexity index is 1330. The maximum absolute atomic E-state index is 11.6. The van der Waals surface area contributed by atoms with E-state index >= 15 is 0 Å². The second-order valence-electron chi connectivity index (χ2n) is 6.95. The molecule has 1 aromatic heterocycles. The zero-order chi connectivity index (χ0) is 21.3. The van der Waals surface area contributed by atoms with Gasteiger partial charge < -0.3 is 9.67 Å². The van der Waals surface area contributed by atoms with Gasteiger partial charge in [0, 0.05) is 23.1 Å². The molecule has 4 aromatic rings. The van der Waals surface area contributed by atoms with E-state index in [2.05, 4.69) is 34.9 Å². The number of fused-ring (bicyclic) bond motifs is 3. The summed E-state index contributed by atoms with van der Waals surface area (Å²) in [6.45, 7) is 2.21. The summed E-state index contributed by atoms with van der Waals surface area (Å²) in [7, 11) is 0. The van der Waals surface area contributed by atoms with E-state index in [0.717, 1.165) is 32.9 Å². The highest BCUT2D eigenvalue weighted by atomic mass is 35.5. The molecule has 150 valence electrons. The molecule has 4 rings (SSSR count). The second-order valence-corrected chi connectivity index (χ2v) is 7.77. The summed E-state index contributed by atoms with van der Waals surface area (Å²) in [5, 5.41) is 13.9. The van der Waals surface area contributed by atoms with Crippen molar-refractivity contribution in [3.05, 3.63) is 94.5 Å². The molecule has 0 aliphatic carbocycles. The third kappa shape index (κ3) is 3.74. The van der Waals surface area contributed by atoms with Crippen molar-refractivity contribution >= 4 is 50.8 Å². The molecule has 0 fully saturated rings. The molecule has 5 heteroatoms. The van der Waals surface area contributed by atoms with Gasteiger partial charge in [-0.2, -0.15) is 0 Å². The van der Waals surface area contributed by atoms with E-state index in [1.807, 2.05) is 24.3 Å². The molecule has 0 aliphatic rings. The molecule has 1 N–H and O–H groups in total. The van der Waals surface area contributed by atoms with E-state index in [1.54, 1.807) is 31.2 Å². The standard InChI is InChI=1S/C25H19Cl2NO2/c1-2-5-17(25(29)30)12-13-28-23-11-9-16-6-3-4-7-19(16)20(23)15-24(28)18-8-10-21(26)22(27)14-18/h2-12,14-15H,13H2,1H3,(H,29,30)/b5-2-,17-12+. The number of carbonyl (C=O) groups is 1. The first-order valence-corrected chi connectivity index (χ1v) is 10.3. The van der Waals surface area contributed by atoms with Crippen molar-refractivity contribution in [2.24, 2.45) is 0 Å². The third-order valence-electron chi connectivity index (χ3n) is 5.11. The number of hydrogen-bond donors (Lipinski definition) is 1. The van der Waals surface area contributed by atoms with Crippen LogP contribution in [-0.4, -0.2) is 15.6 Å². The number of aromatic nitrogens is 1. The monoisotopic (exact) mass is 435 g/mol. The molecule has 3 aromatic carbocycles. The summed E-state index contributed by atoms with van der Waals surface area (Å²) in [6.07, 6.45) is 5.04. The summed E-state index contributed by atoms with van der Waals surface area (Å²) in [5.41, 5.74) is 3.14. The van der Waals surface area contributed by atoms with Gasteiger partial charge in [0.25, 0.3) is 0 Å². The number of aliphatic carboxylic acids is 1. The first-order chi connectivity index (χ1) is 14.5. The van der Waals surface area contributed by atoms with Gasteiger partial charge in [0.05, 0.1) is 15.6 Å². The molecule has 0 atom stereocenters. The lowest BCUT2D eigenvalue weighted by Crippen LogP contribution is -2.03. The van der Waals surface area contributed by atoms with Crippen LogP contribution in [0, 0.1) is 0 Å². The number of hydrogen-bond acceptors (Lipinski definition) is 1. The summed E-state index contributed by atoms with van der Waals surface area (Å²) >= 11 is 12.4. The lowest BCUT2D eigenvalue weighted by molar-refractivity contribution is -0.132. The Hall–Kier alpha value is -3.01. The fraction of sp³-hybridized carbons (Fsp3) is 0.0800. The quantitative estimate of drug-likeness (QED) is 0.262. The van der Waals surface area contributed by atoms with Crippen LogP contribution >= 0.6 is 23.2 Å². The summed E-state index contributed by atoms with van der Waals surface area (Å²) in [5.74, 6) is -0.953. The highest BCUT2D eigenvalue weighted by Crippen LogP contribution is 2.35. The molecule has 0 radical (unpaired) electrons. The van der Waals surface area contributed by atoms with Crippen LogP contribution in [0.3, 0.4) is 0 Å². The number of carboxylic acids is 1. The minimum absolute atomic E-state index is 0.250. The van der Waals surface area contributed by atoms with Crippen LogP contribution in [0.15, 0.2) is 84.5 Å². The lowest BCUT2D eigenvalue weighted by atomic mass is 10.1. The van der Waals surface area contributed by atoms with Crippen molar-refractivity contribution in [1.29, 1.82) is 0 Å². The molecule has 0 aliphatic heterocycles. The van der Waals surface area contributed by atoms with Crippen LogP contribution in [0.1, 0.15) is 6.92 Å². The van der Waals surface area contributed by atoms with E-state index in [0.29, 0.717) is 16.6 Å². The second kappa shape index (κ2) is 8.39. The largest absolute Gasteiger partial charge is 0.478 e. The van der Waals surface area contributed by atoms with Gasteiger partial charge in [-0.15, -0.1) is 0 Å². The summed E-state index contributed by atoms with van der Waals surface area (Å²) in [6, 6.07) is 20.0. The van der Waals surface area contributed by atoms with Gasteiger partial charge in [0.1, 0.15) is 0 Å². The Labute approximate surface area is 184 Å². The zero-order valence-corrected chi connectivity index (χ0v) is 17.8. The molecular formula is C25H19Cl2NO2. The van der Waals surface area contributed by atoms with E-state index in [9.17, 15) is 9.90 Å². The number of carboxylic acid groups (broad SMARTS) is 1. The minimum Gasteiger partial charge on any atom is -0.478 e. The average molecular weight is 436 g/mol. The number of rotatable bonds is 5. The number of nitrogens with zero attached hydrogens (tertiary/aromatic N) is 1. The predicted molar refractivity (Wildman–Crippen MR) is 125 cm³/mol. The van der Waals surface area contributed by atoms with E-state index < -0.39 is 5.97 Å². The van der Waals surface area contributed by atoms with Crippen LogP contribution in [0.5, 0.6) is 0 Å². The average Bonchev–Trinajstić information content (AvgIpc) is 3.12. The molecule has 0 saturated heterocycles. The molecule has 0 spiro atoms. The minimum atomic E-state index is -0.953. The zero-order valence-electron chi connectivity index (χ0n) is 16.3. The Morgan fingerprint density at radius 2 is 1.80 bits per heavy atom. The first-order valence-electron chi connectivity index (χ1n) is 9.52. The number of allylic oxidation sites excluding steroid dienone is 2. The van der Waals surface area contributed by atoms with Gasteiger partial charge in [-0.1, -0.05) is 77.8 Å². The van der Waals surface area contributed by atoms with E-state index in [-0.39, 0.29) is 5.57 Å². The van der Waals surface area contributed by atoms with Crippen molar-refractivity contribution in [2.75, 3.05) is 0 Å². The Morgan fingerprint density at radius 1 is 1.00 bits per heavy atom. The third-order valence-corrected chi connectivity index (χ3v) is 5.85. The predicted octanol–water partition coefficient (Wildman–Crippen LogP) is 7.36. The SMILES string of the molecule is C/C=C\C(=C/Cn1c(-c2ccc(Cl)c(Cl)c2)cc2c3ccccc3ccc21)C(=O)O. The van der Waals surface area contributed by atoms with Crippen LogP contribution in [0.2, 0.25) is 10.0 Å². The van der Waals surface area contributed by atoms with Crippen LogP contribution in [0.25, 0.3) is 32.9 Å². The lowest BCUT2D eigenvalue weighted by Gasteiger charge is -2.10. The fourth-order valence-electron chi connectivity index (χ4n) is 3.70. The van der Waals surface area contributed by atoms with Crippen molar-refractivity contribution in [2.45, 2.75) is 13.5 Å². The topological polar surface area (TPSA) is 42.2 Å². The highest BCUT2D eigenvalue weighted by molar-refractivity contribution is 6.42. The Morgan fingerprint density at radius 3 is 2.53 bits per heavy atom. The van der Waals surface area contributed by atoms with Crippen LogP contribution in [-0.2, 0) is 11.3 Å². The molecule has 3 nitrogen and oxygen atoms in total. The number of halogens is 2. The highest BCUT2D eigenvalue weighted by Gasteiger charge is 2.14. The number of benzene rings is 3. The van der Waals surface area contributed by atoms with Gasteiger partial charge in [-0.3, -0.25) is 0 Å². The molecule has 0 bridgehead atoms. The molecule has 30 heavy (non-hydrogen) atoms. The summed E-state index contributed by atoms with van der Waals surface area (Å²) in [4.78, 5) is 11.6. The van der Waals surface area contributed by atoms with Crippen molar-refractivity contribution in [3.63, 3.8) is 0 Å². The molecule has 0 amide bonds. The van der Waals surface area contributed by atoms with Gasteiger partial charge in [-0.05, 0) is 47.5 Å². The normalized spacial score (nSPS) is 12.3. The molecule has 1 heterocycles. The maximum Gasteiger partial charge on any atom is 0.335 e. The van der Waals surface area contributed by atoms with E-state index in [1.165, 1.54) is 0 Å². The first kappa shape index (κ1) is 20.3. The Kier molecular flexibility index (Phi) is 5.67. The van der Waals surface area contributed by atoms with E-state index in [4.69, 9.17) is 23.2 Å². The summed E-state index contributed by atoms with van der Waals surface area (Å²) < 4.78 is 2.10. The van der Waals surface area contributed by atoms with Crippen molar-refractivity contribution in [3.8, 4) is 11.3 Å². The smallest absolute Gasteiger partial charge is 0.335 e. The van der Waals surface area contributed by atoms with Gasteiger partial charge in [-0.25, -0.2) is 4.79 Å². The van der Waals surface area contributed by atoms with Crippen LogP contribution < -0.4 is 0 Å². The molecular weight excluding hydrogens is 417 g/mol. The fourth-order valence-corrected chi connectivity index (χ4v) is 4.00. The maximum atomic E-state index is 11.6. The molecule has 0 saturated carbocycles. The van der Waals surface area contributed by atoms with Gasteiger partial charge in [0.15, 0.2) is 0 Å².